The summed E-state index contributed by atoms with van der Waals surface area (Å²) in [4.78, 5) is 30.2. The first kappa shape index (κ1) is 23.8. The quantitative estimate of drug-likeness (QED) is 0.572. The number of hydrogen-bond donors (Lipinski definition) is 1. The van der Waals surface area contributed by atoms with Gasteiger partial charge in [-0.15, -0.1) is 0 Å². The predicted octanol–water partition coefficient (Wildman–Crippen LogP) is 3.19. The molecule has 0 saturated carbocycles. The molecule has 33 heavy (non-hydrogen) atoms. The van der Waals surface area contributed by atoms with E-state index in [4.69, 9.17) is 14.2 Å². The topological polar surface area (TPSA) is 80.3 Å². The van der Waals surface area contributed by atoms with E-state index in [-0.39, 0.29) is 24.0 Å². The smallest absolute Gasteiger partial charge is 0.325 e. The number of amides is 3. The van der Waals surface area contributed by atoms with Crippen molar-refractivity contribution in [3.05, 3.63) is 23.8 Å². The fourth-order valence-corrected chi connectivity index (χ4v) is 5.67. The average molecular weight is 460 g/mol. The number of urea groups is 1. The van der Waals surface area contributed by atoms with Crippen molar-refractivity contribution < 1.29 is 23.8 Å². The van der Waals surface area contributed by atoms with E-state index >= 15 is 0 Å². The van der Waals surface area contributed by atoms with Crippen LogP contribution in [0.2, 0.25) is 0 Å². The van der Waals surface area contributed by atoms with Crippen molar-refractivity contribution in [2.24, 2.45) is 5.92 Å². The summed E-state index contributed by atoms with van der Waals surface area (Å²) in [5, 5.41) is 3.14. The fraction of sp³-hybridized carbons (Fsp3) is 0.680. The first-order valence-corrected chi connectivity index (χ1v) is 12.2. The van der Waals surface area contributed by atoms with Crippen molar-refractivity contribution in [3.8, 4) is 11.5 Å². The van der Waals surface area contributed by atoms with Crippen LogP contribution in [0.3, 0.4) is 0 Å². The lowest BCUT2D eigenvalue weighted by atomic mass is 9.74. The number of methoxy groups -OCH3 is 2. The second-order valence-electron chi connectivity index (χ2n) is 9.44. The Hall–Kier alpha value is -2.32. The number of rotatable bonds is 9. The minimum absolute atomic E-state index is 0.0274. The molecule has 0 radical (unpaired) electrons. The number of likely N-dealkylation sites (tertiary alicyclic amines) is 1. The fourth-order valence-electron chi connectivity index (χ4n) is 5.67. The van der Waals surface area contributed by atoms with Gasteiger partial charge in [-0.3, -0.25) is 14.6 Å². The van der Waals surface area contributed by atoms with E-state index in [1.165, 1.54) is 10.5 Å². The van der Waals surface area contributed by atoms with Gasteiger partial charge in [-0.2, -0.15) is 0 Å². The maximum atomic E-state index is 13.6. The summed E-state index contributed by atoms with van der Waals surface area (Å²) >= 11 is 0. The third kappa shape index (κ3) is 4.82. The molecular weight excluding hydrogens is 422 g/mol. The number of benzene rings is 1. The van der Waals surface area contributed by atoms with E-state index in [1.807, 2.05) is 12.1 Å². The highest BCUT2D eigenvalue weighted by Gasteiger charge is 2.55. The lowest BCUT2D eigenvalue weighted by Crippen LogP contribution is -2.56. The van der Waals surface area contributed by atoms with Crippen LogP contribution >= 0.6 is 0 Å². The molecule has 8 heteroatoms. The molecule has 1 aromatic rings. The molecule has 0 aliphatic carbocycles. The van der Waals surface area contributed by atoms with Gasteiger partial charge < -0.3 is 19.5 Å². The van der Waals surface area contributed by atoms with Gasteiger partial charge in [-0.05, 0) is 68.8 Å². The van der Waals surface area contributed by atoms with Crippen molar-refractivity contribution in [1.29, 1.82) is 0 Å². The third-order valence-corrected chi connectivity index (χ3v) is 7.40. The monoisotopic (exact) mass is 459 g/mol. The van der Waals surface area contributed by atoms with Crippen LogP contribution in [0.15, 0.2) is 18.2 Å². The second kappa shape index (κ2) is 10.3. The Bertz CT molecular complexity index is 848. The summed E-state index contributed by atoms with van der Waals surface area (Å²) in [5.74, 6) is 1.55. The molecule has 3 fully saturated rings. The zero-order valence-electron chi connectivity index (χ0n) is 20.1. The van der Waals surface area contributed by atoms with Gasteiger partial charge in [0.05, 0.1) is 26.9 Å². The molecule has 182 valence electrons. The summed E-state index contributed by atoms with van der Waals surface area (Å²) in [6.07, 6.45) is 5.17. The first-order chi connectivity index (χ1) is 16.0. The van der Waals surface area contributed by atoms with E-state index in [9.17, 15) is 9.59 Å². The summed E-state index contributed by atoms with van der Waals surface area (Å²) in [6.45, 7) is 5.76. The molecule has 3 amide bonds. The Labute approximate surface area is 196 Å². The number of carbonyl (C=O) groups excluding carboxylic acids is 2. The van der Waals surface area contributed by atoms with Crippen molar-refractivity contribution in [3.63, 3.8) is 0 Å². The summed E-state index contributed by atoms with van der Waals surface area (Å²) in [5.41, 5.74) is 0.391. The predicted molar refractivity (Wildman–Crippen MR) is 124 cm³/mol. The molecule has 0 spiro atoms. The molecule has 1 N–H and O–H groups in total. The highest BCUT2D eigenvalue weighted by atomic mass is 16.5. The number of ether oxygens (including phenoxy) is 3. The zero-order chi connectivity index (χ0) is 23.4. The van der Waals surface area contributed by atoms with Gasteiger partial charge in [-0.1, -0.05) is 19.4 Å². The van der Waals surface area contributed by atoms with E-state index in [1.54, 1.807) is 14.2 Å². The van der Waals surface area contributed by atoms with Gasteiger partial charge in [0.1, 0.15) is 5.54 Å². The summed E-state index contributed by atoms with van der Waals surface area (Å²) in [7, 11) is 3.29. The Morgan fingerprint density at radius 1 is 1.12 bits per heavy atom. The van der Waals surface area contributed by atoms with Gasteiger partial charge in [0.25, 0.3) is 5.91 Å². The Morgan fingerprint density at radius 2 is 1.88 bits per heavy atom. The second-order valence-corrected chi connectivity index (χ2v) is 9.44. The van der Waals surface area contributed by atoms with Crippen molar-refractivity contribution in [1.82, 2.24) is 15.1 Å². The maximum Gasteiger partial charge on any atom is 0.325 e. The summed E-state index contributed by atoms with van der Waals surface area (Å²) < 4.78 is 16.5. The largest absolute Gasteiger partial charge is 0.493 e. The zero-order valence-corrected chi connectivity index (χ0v) is 20.1. The molecule has 3 aliphatic rings. The van der Waals surface area contributed by atoms with E-state index in [2.05, 4.69) is 23.2 Å². The van der Waals surface area contributed by atoms with Gasteiger partial charge in [-0.25, -0.2) is 4.79 Å². The molecule has 4 rings (SSSR count). The molecule has 0 aromatic heterocycles. The normalized spacial score (nSPS) is 26.6. The molecule has 3 saturated heterocycles. The van der Waals surface area contributed by atoms with Crippen LogP contribution in [0.25, 0.3) is 0 Å². The number of piperidine rings is 1. The molecule has 2 atom stereocenters. The van der Waals surface area contributed by atoms with E-state index in [0.29, 0.717) is 19.6 Å². The van der Waals surface area contributed by atoms with Gasteiger partial charge >= 0.3 is 6.03 Å². The standard InChI is InChI=1S/C25H37N3O5/c1-4-11-25(23(29)28(24(30)26-25)17-20-6-5-14-33-20)19-9-12-27(13-10-19)16-18-7-8-21(31-2)22(15-18)32-3/h7-8,15,19-20H,4-6,9-14,16-17H2,1-3H3,(H,26,30)/t20-,25-/m0/s1. The number of imide groups is 1. The Kier molecular flexibility index (Phi) is 7.44. The van der Waals surface area contributed by atoms with Gasteiger partial charge in [0.2, 0.25) is 0 Å². The van der Waals surface area contributed by atoms with Crippen LogP contribution in [-0.4, -0.2) is 73.8 Å². The number of carbonyl (C=O) groups is 2. The molecule has 3 heterocycles. The highest BCUT2D eigenvalue weighted by molar-refractivity contribution is 6.07. The van der Waals surface area contributed by atoms with E-state index in [0.717, 1.165) is 63.2 Å². The lowest BCUT2D eigenvalue weighted by Gasteiger charge is -2.41. The van der Waals surface area contributed by atoms with Crippen LogP contribution in [0, 0.1) is 5.92 Å². The van der Waals surface area contributed by atoms with Crippen LogP contribution in [0.4, 0.5) is 4.79 Å². The Morgan fingerprint density at radius 3 is 2.52 bits per heavy atom. The lowest BCUT2D eigenvalue weighted by molar-refractivity contribution is -0.135. The van der Waals surface area contributed by atoms with Crippen LogP contribution in [0.5, 0.6) is 11.5 Å². The molecule has 8 nitrogen and oxygen atoms in total. The van der Waals surface area contributed by atoms with Gasteiger partial charge in [0, 0.05) is 13.2 Å². The van der Waals surface area contributed by atoms with E-state index < -0.39 is 5.54 Å². The molecule has 0 unspecified atom stereocenters. The van der Waals surface area contributed by atoms with Crippen molar-refractivity contribution >= 4 is 11.9 Å². The van der Waals surface area contributed by atoms with Crippen LogP contribution in [0.1, 0.15) is 51.0 Å². The van der Waals surface area contributed by atoms with Crippen molar-refractivity contribution in [2.75, 3.05) is 40.5 Å². The summed E-state index contributed by atoms with van der Waals surface area (Å²) in [6, 6.07) is 5.77. The SMILES string of the molecule is CCC[C@@]1(C2CCN(Cc3ccc(OC)c(OC)c3)CC2)NC(=O)N(C[C@@H]2CCCO2)C1=O. The molecule has 0 bridgehead atoms. The Balaban J connectivity index is 1.40. The van der Waals surface area contributed by atoms with Gasteiger partial charge in [0.15, 0.2) is 11.5 Å². The highest BCUT2D eigenvalue weighted by Crippen LogP contribution is 2.38. The molecular formula is C25H37N3O5. The third-order valence-electron chi connectivity index (χ3n) is 7.40. The number of hydrogen-bond acceptors (Lipinski definition) is 6. The minimum Gasteiger partial charge on any atom is -0.493 e. The molecule has 3 aliphatic heterocycles. The average Bonchev–Trinajstić information content (AvgIpc) is 3.43. The molecule has 1 aromatic carbocycles. The first-order valence-electron chi connectivity index (χ1n) is 12.2. The van der Waals surface area contributed by atoms with Crippen LogP contribution in [-0.2, 0) is 16.1 Å². The van der Waals surface area contributed by atoms with Crippen molar-refractivity contribution in [2.45, 2.75) is 63.6 Å². The minimum atomic E-state index is -0.778. The van der Waals surface area contributed by atoms with Crippen LogP contribution < -0.4 is 14.8 Å². The number of nitrogens with one attached hydrogen (secondary N) is 1. The maximum absolute atomic E-state index is 13.6. The number of nitrogens with zero attached hydrogens (tertiary/aromatic N) is 2.